The Balaban J connectivity index is 1.04. The summed E-state index contributed by atoms with van der Waals surface area (Å²) in [6.45, 7) is 1.29. The second-order valence-corrected chi connectivity index (χ2v) is 25.5. The van der Waals surface area contributed by atoms with Crippen LogP contribution in [0.2, 0.25) is 0 Å². The number of rotatable bonds is 14. The molecule has 1 saturated carbocycles. The molecule has 10 rings (SSSR count). The van der Waals surface area contributed by atoms with E-state index < -0.39 is 72.1 Å². The van der Waals surface area contributed by atoms with E-state index in [1.807, 2.05) is 0 Å². The predicted octanol–water partition coefficient (Wildman–Crippen LogP) is 7.43. The lowest BCUT2D eigenvalue weighted by atomic mass is 9.81. The second-order valence-electron chi connectivity index (χ2n) is 19.7. The summed E-state index contributed by atoms with van der Waals surface area (Å²) in [6.07, 6.45) is 1.06. The van der Waals surface area contributed by atoms with Gasteiger partial charge in [-0.1, -0.05) is 41.7 Å². The van der Waals surface area contributed by atoms with Crippen molar-refractivity contribution >= 4 is 120 Å². The molecule has 1 aliphatic heterocycles. The van der Waals surface area contributed by atoms with Gasteiger partial charge in [-0.05, 0) is 63.1 Å². The molecule has 8 heterocycles. The van der Waals surface area contributed by atoms with Crippen molar-refractivity contribution in [1.82, 2.24) is 56.2 Å². The van der Waals surface area contributed by atoms with Crippen LogP contribution in [0.25, 0.3) is 43.4 Å². The first kappa shape index (κ1) is 60.4. The van der Waals surface area contributed by atoms with Gasteiger partial charge in [0.2, 0.25) is 17.7 Å². The van der Waals surface area contributed by atoms with Gasteiger partial charge in [0, 0.05) is 65.2 Å². The number of carboxylic acids is 1. The summed E-state index contributed by atoms with van der Waals surface area (Å²) in [5.41, 5.74) is 2.44. The minimum atomic E-state index is -1.29. The minimum absolute atomic E-state index is 0.00656. The number of nitrogens with one attached hydrogen (secondary N) is 5. The number of thiazole rings is 6. The average Bonchev–Trinajstić information content (AvgIpc) is 3.81. The molecule has 0 saturated heterocycles. The third-order valence-corrected chi connectivity index (χ3v) is 19.5. The number of hydrogen-bond donors (Lipinski definition) is 8. The van der Waals surface area contributed by atoms with Crippen molar-refractivity contribution in [2.75, 3.05) is 44.1 Å². The SMILES string of the molecule is CNC(=O)C[C@@H]1NC(=O)c2csc(n2)-c2ccc(-c3nc(N(CCCCO)C(=O)C4CCC(C(=O)O)CC4)cs3)nc2-c2csc(n2)-c2csc(n2)[C@H]([C@@H](O)c2ccccc2)NC(=O)CNC(=O)c2nc(sc2COC)NC(=O)c2nc1sc2C. The van der Waals surface area contributed by atoms with Crippen molar-refractivity contribution in [3.63, 3.8) is 0 Å². The van der Waals surface area contributed by atoms with Crippen LogP contribution in [0.3, 0.4) is 0 Å². The zero-order valence-electron chi connectivity index (χ0n) is 45.7. The molecule has 1 aromatic carbocycles. The summed E-state index contributed by atoms with van der Waals surface area (Å²) in [7, 11) is 2.88. The van der Waals surface area contributed by atoms with Gasteiger partial charge >= 0.3 is 5.97 Å². The number of nitrogens with zero attached hydrogens (tertiary/aromatic N) is 8. The van der Waals surface area contributed by atoms with Gasteiger partial charge in [-0.3, -0.25) is 43.8 Å². The summed E-state index contributed by atoms with van der Waals surface area (Å²) in [6, 6.07) is 10.1. The average molecular weight is 1270 g/mol. The van der Waals surface area contributed by atoms with Crippen LogP contribution in [0.5, 0.6) is 0 Å². The molecule has 2 aliphatic rings. The van der Waals surface area contributed by atoms with E-state index in [4.69, 9.17) is 29.7 Å². The summed E-state index contributed by atoms with van der Waals surface area (Å²) in [5, 5.41) is 53.5. The van der Waals surface area contributed by atoms with Crippen LogP contribution in [0.1, 0.15) is 120 Å². The number of fused-ring (bicyclic) bond motifs is 14. The maximum absolute atomic E-state index is 14.3. The molecule has 1 aliphatic carbocycles. The molecule has 85 heavy (non-hydrogen) atoms. The van der Waals surface area contributed by atoms with Crippen molar-refractivity contribution in [3.8, 4) is 43.4 Å². The number of aliphatic carboxylic acids is 1. The number of amides is 6. The van der Waals surface area contributed by atoms with Gasteiger partial charge in [0.15, 0.2) is 5.13 Å². The lowest BCUT2D eigenvalue weighted by Gasteiger charge is -2.30. The van der Waals surface area contributed by atoms with Gasteiger partial charge in [0.25, 0.3) is 17.7 Å². The van der Waals surface area contributed by atoms with Crippen LogP contribution < -0.4 is 31.5 Å². The molecule has 1 fully saturated rings. The summed E-state index contributed by atoms with van der Waals surface area (Å²) < 4.78 is 5.34. The first-order valence-electron chi connectivity index (χ1n) is 26.7. The molecule has 0 unspecified atom stereocenters. The van der Waals surface area contributed by atoms with E-state index in [9.17, 15) is 48.9 Å². The van der Waals surface area contributed by atoms with E-state index in [0.29, 0.717) is 108 Å². The molecule has 442 valence electrons. The van der Waals surface area contributed by atoms with Crippen molar-refractivity contribution in [2.45, 2.75) is 76.7 Å². The number of carboxylic acid groups (broad SMARTS) is 1. The van der Waals surface area contributed by atoms with Gasteiger partial charge in [0.1, 0.15) is 77.2 Å². The zero-order chi connectivity index (χ0) is 59.9. The van der Waals surface area contributed by atoms with Crippen molar-refractivity contribution in [2.24, 2.45) is 11.8 Å². The van der Waals surface area contributed by atoms with Gasteiger partial charge < -0.3 is 41.3 Å². The molecule has 0 spiro atoms. The highest BCUT2D eigenvalue weighted by molar-refractivity contribution is 7.16. The third-order valence-electron chi connectivity index (χ3n) is 14.0. The summed E-state index contributed by atoms with van der Waals surface area (Å²) in [5.74, 6) is -4.68. The fourth-order valence-corrected chi connectivity index (χ4v) is 14.8. The Kier molecular flexibility index (Phi) is 19.3. The Labute approximate surface area is 509 Å². The number of aliphatic hydroxyl groups excluding tert-OH is 2. The number of pyridine rings is 1. The van der Waals surface area contributed by atoms with Crippen molar-refractivity contribution in [3.05, 3.63) is 106 Å². The molecule has 8 N–H and O–H groups in total. The van der Waals surface area contributed by atoms with E-state index in [1.165, 1.54) is 48.2 Å². The molecule has 8 aromatic rings. The number of aliphatic hydroxyl groups is 2. The molecule has 3 atom stereocenters. The number of anilines is 2. The Morgan fingerprint density at radius 2 is 1.45 bits per heavy atom. The number of ether oxygens (including phenoxy) is 1. The second kappa shape index (κ2) is 27.1. The van der Waals surface area contributed by atoms with Gasteiger partial charge in [-0.15, -0.1) is 56.7 Å². The first-order chi connectivity index (χ1) is 41.1. The summed E-state index contributed by atoms with van der Waals surface area (Å²) >= 11 is 6.94. The van der Waals surface area contributed by atoms with Crippen LogP contribution in [-0.2, 0) is 30.5 Å². The number of carbonyl (C=O) groups is 7. The van der Waals surface area contributed by atoms with Crippen LogP contribution in [-0.4, -0.2) is 125 Å². The van der Waals surface area contributed by atoms with Crippen molar-refractivity contribution in [1.29, 1.82) is 0 Å². The number of benzene rings is 1. The molecule has 0 radical (unpaired) electrons. The fourth-order valence-electron chi connectivity index (χ4n) is 9.56. The van der Waals surface area contributed by atoms with E-state index in [1.54, 1.807) is 75.8 Å². The van der Waals surface area contributed by atoms with Gasteiger partial charge in [0.05, 0.1) is 42.1 Å². The van der Waals surface area contributed by atoms with E-state index in [0.717, 1.165) is 34.0 Å². The topological polar surface area (TPSA) is 343 Å². The fraction of sp³-hybridized carbons (Fsp3) is 0.345. The number of aryl methyl sites for hydroxylation is 1. The quantitative estimate of drug-likeness (QED) is 0.0490. The number of unbranched alkanes of at least 4 members (excludes halogenated alkanes) is 1. The number of aromatic nitrogens is 7. The Morgan fingerprint density at radius 1 is 0.729 bits per heavy atom. The van der Waals surface area contributed by atoms with Crippen LogP contribution in [0.4, 0.5) is 10.9 Å². The van der Waals surface area contributed by atoms with E-state index >= 15 is 0 Å². The maximum atomic E-state index is 14.3. The van der Waals surface area contributed by atoms with Gasteiger partial charge in [-0.25, -0.2) is 34.9 Å². The Hall–Kier alpha value is -7.68. The van der Waals surface area contributed by atoms with Crippen LogP contribution in [0.15, 0.2) is 64.0 Å². The monoisotopic (exact) mass is 1270 g/mol. The number of carbonyl (C=O) groups excluding carboxylic acids is 6. The lowest BCUT2D eigenvalue weighted by Crippen LogP contribution is -2.40. The molecule has 30 heteroatoms. The lowest BCUT2D eigenvalue weighted by molar-refractivity contribution is -0.144. The molecule has 24 nitrogen and oxygen atoms in total. The highest BCUT2D eigenvalue weighted by atomic mass is 32.1. The van der Waals surface area contributed by atoms with Gasteiger partial charge in [-0.2, -0.15) is 0 Å². The van der Waals surface area contributed by atoms with Crippen molar-refractivity contribution < 1.29 is 53.6 Å². The largest absolute Gasteiger partial charge is 0.481 e. The Morgan fingerprint density at radius 3 is 2.20 bits per heavy atom. The highest BCUT2D eigenvalue weighted by Gasteiger charge is 2.35. The minimum Gasteiger partial charge on any atom is -0.481 e. The molecule has 10 bridgehead atoms. The third kappa shape index (κ3) is 13.9. The Bertz CT molecular complexity index is 3770. The number of methoxy groups -OCH3 is 1. The molecule has 6 amide bonds. The highest BCUT2D eigenvalue weighted by Crippen LogP contribution is 2.41. The van der Waals surface area contributed by atoms with E-state index in [-0.39, 0.29) is 59.3 Å². The number of hydrogen-bond acceptors (Lipinski definition) is 23. The molecule has 7 aromatic heterocycles. The van der Waals surface area contributed by atoms with Crippen LogP contribution >= 0.6 is 68.0 Å². The first-order valence-corrected chi connectivity index (χ1v) is 31.8. The van der Waals surface area contributed by atoms with E-state index in [2.05, 4.69) is 36.6 Å². The summed E-state index contributed by atoms with van der Waals surface area (Å²) in [4.78, 5) is 131. The smallest absolute Gasteiger partial charge is 0.306 e. The predicted molar refractivity (Wildman–Crippen MR) is 322 cm³/mol. The zero-order valence-corrected chi connectivity index (χ0v) is 50.5. The normalized spacial score (nSPS) is 17.9. The molecular formula is C55H55N13O11S6. The maximum Gasteiger partial charge on any atom is 0.306 e. The standard InChI is InChI=1S/C55H55N13O11S6/c1-26-40-47(75)67-55-66-42(36(85-55)21-79-3)46(74)57-20-39(71)64-43(44(72)27-9-5-4-6-10-27)52-62-35(24-82-52)50-60-33(22-81-50)41-30(48-61-34(23-80-48)45(73)59-32(19-38(70)56-2)51(65-40)84-26)15-16-31(58-41)49-63-37(25-83-49)68(17-7-8-18-69)53(76)28-11-13-29(14-12-28)54(77)78/h4-6,9-10,15-16,22-25,28-29,32,43-44,69,72H,7-8,11-14,17-21H2,1-3H3,(H,56,70)(H,57,74)(H,59,73)(H,64,71)(H,77,78)(H,66,67,75)/t28?,29?,32-,43-,44-/m0/s1. The molecular weight excluding hydrogens is 1210 g/mol. The van der Waals surface area contributed by atoms with Crippen LogP contribution in [0, 0.1) is 18.8 Å².